The van der Waals surface area contributed by atoms with Gasteiger partial charge in [0.2, 0.25) is 0 Å². The molecule has 2 rings (SSSR count). The topological polar surface area (TPSA) is 26.3 Å². The fourth-order valence-electron chi connectivity index (χ4n) is 3.06. The normalized spacial score (nSPS) is 11.5. The molecule has 0 saturated carbocycles. The van der Waals surface area contributed by atoms with Crippen LogP contribution in [0.4, 0.5) is 5.69 Å². The summed E-state index contributed by atoms with van der Waals surface area (Å²) >= 11 is 0. The van der Waals surface area contributed by atoms with Gasteiger partial charge in [-0.25, -0.2) is 4.79 Å². The molecule has 0 aliphatic carbocycles. The fraction of sp³-hybridized carbons (Fsp3) is 0.409. The van der Waals surface area contributed by atoms with Gasteiger partial charge in [-0.1, -0.05) is 0 Å². The molecule has 0 fully saturated rings. The highest BCUT2D eigenvalue weighted by Crippen LogP contribution is 2.27. The van der Waals surface area contributed by atoms with Gasteiger partial charge in [0, 0.05) is 0 Å². The van der Waals surface area contributed by atoms with Crippen molar-refractivity contribution in [2.75, 3.05) is 21.1 Å². The van der Waals surface area contributed by atoms with Crippen LogP contribution in [0.15, 0.2) is 24.3 Å². The Morgan fingerprint density at radius 2 is 1.24 bits per heavy atom. The molecular formula is C22H30NO2+. The van der Waals surface area contributed by atoms with Crippen LogP contribution in [0.2, 0.25) is 0 Å². The van der Waals surface area contributed by atoms with Crippen LogP contribution in [0.1, 0.15) is 43.7 Å². The second-order valence-electron chi connectivity index (χ2n) is 7.74. The van der Waals surface area contributed by atoms with Gasteiger partial charge < -0.3 is 4.74 Å². The number of benzene rings is 2. The molecule has 0 saturated heterocycles. The SMILES string of the molecule is Cc1c(C)c(C)c(COC(=O)c2ccc([N+](C)(C)C)cc2)c(C)c1C. The summed E-state index contributed by atoms with van der Waals surface area (Å²) < 4.78 is 6.33. The van der Waals surface area contributed by atoms with Crippen LogP contribution in [-0.2, 0) is 11.3 Å². The largest absolute Gasteiger partial charge is 0.457 e. The number of quaternary nitrogens is 1. The standard InChI is InChI=1S/C22H30NO2/c1-14-15(2)17(4)21(18(5)16(14)3)13-25-22(24)19-9-11-20(12-10-19)23(6,7)8/h9-12H,13H2,1-8H3/q+1. The zero-order valence-electron chi connectivity index (χ0n) is 16.8. The molecule has 0 spiro atoms. The van der Waals surface area contributed by atoms with Crippen LogP contribution in [0, 0.1) is 34.6 Å². The van der Waals surface area contributed by atoms with Crippen molar-refractivity contribution in [1.82, 2.24) is 4.48 Å². The third-order valence-corrected chi connectivity index (χ3v) is 5.38. The van der Waals surface area contributed by atoms with E-state index in [1.165, 1.54) is 27.8 Å². The molecule has 3 nitrogen and oxygen atoms in total. The van der Waals surface area contributed by atoms with Gasteiger partial charge in [-0.3, -0.25) is 4.48 Å². The molecule has 0 atom stereocenters. The number of esters is 1. The highest BCUT2D eigenvalue weighted by Gasteiger charge is 2.16. The lowest BCUT2D eigenvalue weighted by molar-refractivity contribution is 0.0471. The number of carbonyl (C=O) groups excluding carboxylic acids is 1. The van der Waals surface area contributed by atoms with Crippen LogP contribution in [0.5, 0.6) is 0 Å². The lowest BCUT2D eigenvalue weighted by atomic mass is 9.90. The first-order valence-electron chi connectivity index (χ1n) is 8.69. The summed E-state index contributed by atoms with van der Waals surface area (Å²) in [7, 11) is 6.29. The quantitative estimate of drug-likeness (QED) is 0.591. The monoisotopic (exact) mass is 340 g/mol. The maximum absolute atomic E-state index is 12.4. The fourth-order valence-corrected chi connectivity index (χ4v) is 3.06. The van der Waals surface area contributed by atoms with E-state index in [4.69, 9.17) is 4.74 Å². The van der Waals surface area contributed by atoms with E-state index in [-0.39, 0.29) is 5.97 Å². The number of hydrogen-bond donors (Lipinski definition) is 0. The van der Waals surface area contributed by atoms with E-state index in [0.29, 0.717) is 12.2 Å². The molecule has 0 amide bonds. The Hall–Kier alpha value is -2.13. The van der Waals surface area contributed by atoms with Crippen LogP contribution >= 0.6 is 0 Å². The Morgan fingerprint density at radius 1 is 0.800 bits per heavy atom. The van der Waals surface area contributed by atoms with Crippen LogP contribution < -0.4 is 4.48 Å². The molecule has 0 aliphatic rings. The molecule has 3 heteroatoms. The number of rotatable bonds is 4. The zero-order chi connectivity index (χ0) is 18.9. The van der Waals surface area contributed by atoms with Crippen molar-refractivity contribution in [3.05, 3.63) is 63.2 Å². The maximum atomic E-state index is 12.4. The van der Waals surface area contributed by atoms with Crippen LogP contribution in [0.3, 0.4) is 0 Å². The average molecular weight is 340 g/mol. The molecule has 25 heavy (non-hydrogen) atoms. The van der Waals surface area contributed by atoms with Gasteiger partial charge in [-0.2, -0.15) is 0 Å². The number of nitrogens with zero attached hydrogens (tertiary/aromatic N) is 1. The molecule has 0 radical (unpaired) electrons. The molecule has 0 N–H and O–H groups in total. The maximum Gasteiger partial charge on any atom is 0.338 e. The van der Waals surface area contributed by atoms with Gasteiger partial charge in [0.15, 0.2) is 0 Å². The summed E-state index contributed by atoms with van der Waals surface area (Å²) in [6, 6.07) is 7.64. The lowest BCUT2D eigenvalue weighted by Gasteiger charge is -2.23. The number of ether oxygens (including phenoxy) is 1. The minimum absolute atomic E-state index is 0.275. The second kappa shape index (κ2) is 7.01. The Kier molecular flexibility index (Phi) is 5.38. The van der Waals surface area contributed by atoms with E-state index in [2.05, 4.69) is 55.8 Å². The van der Waals surface area contributed by atoms with Crippen molar-refractivity contribution >= 4 is 11.7 Å². The Labute approximate surface area is 151 Å². The molecule has 0 unspecified atom stereocenters. The van der Waals surface area contributed by atoms with Gasteiger partial charge in [-0.05, 0) is 92.3 Å². The van der Waals surface area contributed by atoms with Crippen molar-refractivity contribution < 1.29 is 9.53 Å². The summed E-state index contributed by atoms with van der Waals surface area (Å²) in [5.41, 5.74) is 9.17. The molecule has 2 aromatic carbocycles. The first kappa shape index (κ1) is 19.2. The third-order valence-electron chi connectivity index (χ3n) is 5.38. The lowest BCUT2D eigenvalue weighted by Crippen LogP contribution is -2.34. The van der Waals surface area contributed by atoms with E-state index in [0.717, 1.165) is 15.7 Å². The summed E-state index contributed by atoms with van der Waals surface area (Å²) in [6.07, 6.45) is 0. The zero-order valence-corrected chi connectivity index (χ0v) is 16.8. The summed E-state index contributed by atoms with van der Waals surface area (Å²) in [6.45, 7) is 10.9. The predicted octanol–water partition coefficient (Wildman–Crippen LogP) is 4.78. The molecule has 0 bridgehead atoms. The highest BCUT2D eigenvalue weighted by molar-refractivity contribution is 5.89. The first-order valence-corrected chi connectivity index (χ1v) is 8.69. The van der Waals surface area contributed by atoms with E-state index in [1.807, 2.05) is 24.3 Å². The Bertz CT molecular complexity index is 767. The highest BCUT2D eigenvalue weighted by atomic mass is 16.5. The Balaban J connectivity index is 2.18. The average Bonchev–Trinajstić information content (AvgIpc) is 2.57. The van der Waals surface area contributed by atoms with E-state index < -0.39 is 0 Å². The van der Waals surface area contributed by atoms with Gasteiger partial charge in [0.25, 0.3) is 0 Å². The smallest absolute Gasteiger partial charge is 0.338 e. The van der Waals surface area contributed by atoms with Crippen molar-refractivity contribution in [3.63, 3.8) is 0 Å². The minimum Gasteiger partial charge on any atom is -0.457 e. The number of hydrogen-bond acceptors (Lipinski definition) is 2. The minimum atomic E-state index is -0.275. The van der Waals surface area contributed by atoms with Gasteiger partial charge in [0.05, 0.1) is 26.7 Å². The first-order chi connectivity index (χ1) is 11.5. The molecule has 134 valence electrons. The van der Waals surface area contributed by atoms with Crippen molar-refractivity contribution in [1.29, 1.82) is 0 Å². The third kappa shape index (κ3) is 3.93. The molecule has 2 aromatic rings. The molecular weight excluding hydrogens is 310 g/mol. The van der Waals surface area contributed by atoms with Crippen molar-refractivity contribution in [2.45, 2.75) is 41.2 Å². The van der Waals surface area contributed by atoms with Gasteiger partial charge in [0.1, 0.15) is 12.3 Å². The Morgan fingerprint density at radius 3 is 1.68 bits per heavy atom. The molecule has 0 aromatic heterocycles. The van der Waals surface area contributed by atoms with Crippen molar-refractivity contribution in [3.8, 4) is 0 Å². The van der Waals surface area contributed by atoms with E-state index >= 15 is 0 Å². The van der Waals surface area contributed by atoms with Gasteiger partial charge >= 0.3 is 5.97 Å². The number of carbonyl (C=O) groups is 1. The van der Waals surface area contributed by atoms with E-state index in [9.17, 15) is 4.79 Å². The van der Waals surface area contributed by atoms with Crippen LogP contribution in [-0.4, -0.2) is 27.1 Å². The van der Waals surface area contributed by atoms with E-state index in [1.54, 1.807) is 0 Å². The predicted molar refractivity (Wildman–Crippen MR) is 105 cm³/mol. The second-order valence-corrected chi connectivity index (χ2v) is 7.74. The summed E-state index contributed by atoms with van der Waals surface area (Å²) in [5.74, 6) is -0.275. The molecule has 0 heterocycles. The van der Waals surface area contributed by atoms with Crippen LogP contribution in [0.25, 0.3) is 0 Å². The van der Waals surface area contributed by atoms with Crippen molar-refractivity contribution in [2.24, 2.45) is 0 Å². The summed E-state index contributed by atoms with van der Waals surface area (Å²) in [5, 5.41) is 0. The molecule has 0 aliphatic heterocycles. The summed E-state index contributed by atoms with van der Waals surface area (Å²) in [4.78, 5) is 12.4. The van der Waals surface area contributed by atoms with Gasteiger partial charge in [-0.15, -0.1) is 0 Å².